The molecule has 1 aromatic rings. The Kier molecular flexibility index (Phi) is 7.42. The highest BCUT2D eigenvalue weighted by Gasteiger charge is 2.71. The molecule has 43 heavy (non-hydrogen) atoms. The quantitative estimate of drug-likeness (QED) is 0.224. The monoisotopic (exact) mass is 591 g/mol. The minimum absolute atomic E-state index is 0.0392. The third-order valence-corrected chi connectivity index (χ3v) is 14.7. The molecule has 0 aliphatic heterocycles. The molecule has 7 nitrogen and oxygen atoms in total. The summed E-state index contributed by atoms with van der Waals surface area (Å²) in [5.41, 5.74) is 1.90. The van der Waals surface area contributed by atoms with Crippen LogP contribution in [0.25, 0.3) is 0 Å². The number of fused-ring (bicyclic) bond motifs is 7. The maximum absolute atomic E-state index is 12.8. The third kappa shape index (κ3) is 4.45. The van der Waals surface area contributed by atoms with E-state index < -0.39 is 11.9 Å². The van der Waals surface area contributed by atoms with Crippen LogP contribution in [0.15, 0.2) is 37.0 Å². The summed E-state index contributed by atoms with van der Waals surface area (Å²) < 4.78 is 7.06. The molecular formula is C36H53N3O4. The Balaban J connectivity index is 1.26. The second kappa shape index (κ2) is 10.4. The average Bonchev–Trinajstić information content (AvgIpc) is 3.63. The number of aliphatic hydroxyl groups excluding tert-OH is 1. The van der Waals surface area contributed by atoms with Crippen LogP contribution in [-0.4, -0.2) is 44.5 Å². The molecule has 1 N–H and O–H groups in total. The summed E-state index contributed by atoms with van der Waals surface area (Å²) >= 11 is 0. The van der Waals surface area contributed by atoms with E-state index in [1.165, 1.54) is 56.1 Å². The van der Waals surface area contributed by atoms with Crippen LogP contribution in [0.3, 0.4) is 0 Å². The number of carbonyl (C=O) groups is 2. The standard InChI is InChI=1S/C36H53N3O4/c1-23(2)24-12-17-36(20-43-30(42)11-10-29(41)39-22-37-21-38-39)19-18-34(6)25(31(24)36)8-9-27-33(5)15-14-28(40)32(3,4)26(33)13-16-35(27,34)7/h10-11,21-22,24-28,31,40H,1,8-9,12-20H2,2-7H3/b11-10+/t24-,25+,26?,27?,28-,31?,33-,34+,35+,36+/m0/s1. The van der Waals surface area contributed by atoms with Gasteiger partial charge >= 0.3 is 5.97 Å². The first-order chi connectivity index (χ1) is 20.2. The number of rotatable bonds is 5. The Morgan fingerprint density at radius 1 is 0.953 bits per heavy atom. The van der Waals surface area contributed by atoms with Crippen LogP contribution in [0.1, 0.15) is 111 Å². The van der Waals surface area contributed by atoms with Crippen molar-refractivity contribution < 1.29 is 19.4 Å². The Labute approximate surface area is 257 Å². The second-order valence-corrected chi connectivity index (χ2v) is 16.5. The number of carbonyl (C=O) groups excluding carboxylic acids is 2. The fourth-order valence-electron chi connectivity index (χ4n) is 12.3. The van der Waals surface area contributed by atoms with E-state index in [0.717, 1.165) is 43.2 Å². The molecule has 5 saturated carbocycles. The number of nitrogens with zero attached hydrogens (tertiary/aromatic N) is 3. The lowest BCUT2D eigenvalue weighted by Gasteiger charge is -2.73. The van der Waals surface area contributed by atoms with Crippen molar-refractivity contribution in [2.45, 2.75) is 112 Å². The summed E-state index contributed by atoms with van der Waals surface area (Å²) in [5.74, 6) is 1.79. The van der Waals surface area contributed by atoms with Gasteiger partial charge in [0.05, 0.1) is 12.7 Å². The maximum atomic E-state index is 12.8. The minimum Gasteiger partial charge on any atom is -0.462 e. The van der Waals surface area contributed by atoms with Gasteiger partial charge in [0, 0.05) is 17.6 Å². The van der Waals surface area contributed by atoms with E-state index in [-0.39, 0.29) is 33.2 Å². The summed E-state index contributed by atoms with van der Waals surface area (Å²) in [4.78, 5) is 28.9. The van der Waals surface area contributed by atoms with Gasteiger partial charge in [-0.05, 0) is 122 Å². The van der Waals surface area contributed by atoms with Gasteiger partial charge in [-0.3, -0.25) is 4.79 Å². The molecule has 0 spiro atoms. The summed E-state index contributed by atoms with van der Waals surface area (Å²) in [6, 6.07) is 0. The summed E-state index contributed by atoms with van der Waals surface area (Å²) in [5, 5.41) is 14.9. The van der Waals surface area contributed by atoms with Crippen molar-refractivity contribution in [3.8, 4) is 0 Å². The van der Waals surface area contributed by atoms with Crippen molar-refractivity contribution in [2.75, 3.05) is 6.61 Å². The smallest absolute Gasteiger partial charge is 0.330 e. The van der Waals surface area contributed by atoms with Crippen molar-refractivity contribution >= 4 is 11.9 Å². The molecule has 5 fully saturated rings. The maximum Gasteiger partial charge on any atom is 0.330 e. The molecule has 5 aliphatic rings. The number of esters is 1. The van der Waals surface area contributed by atoms with E-state index in [2.05, 4.69) is 58.2 Å². The van der Waals surface area contributed by atoms with Crippen molar-refractivity contribution in [1.29, 1.82) is 0 Å². The minimum atomic E-state index is -0.474. The van der Waals surface area contributed by atoms with Crippen molar-refractivity contribution in [2.24, 2.45) is 56.7 Å². The molecule has 236 valence electrons. The fourth-order valence-corrected chi connectivity index (χ4v) is 12.3. The van der Waals surface area contributed by atoms with Crippen LogP contribution in [-0.2, 0) is 9.53 Å². The summed E-state index contributed by atoms with van der Waals surface area (Å²) in [6.07, 6.45) is 16.2. The van der Waals surface area contributed by atoms with Gasteiger partial charge in [-0.2, -0.15) is 9.78 Å². The molecule has 0 saturated heterocycles. The average molecular weight is 592 g/mol. The number of ether oxygens (including phenoxy) is 1. The predicted molar refractivity (Wildman–Crippen MR) is 166 cm³/mol. The molecule has 1 aromatic heterocycles. The zero-order chi connectivity index (χ0) is 31.0. The van der Waals surface area contributed by atoms with Gasteiger partial charge in [0.15, 0.2) is 0 Å². The molecule has 10 atom stereocenters. The van der Waals surface area contributed by atoms with Crippen LogP contribution in [0.5, 0.6) is 0 Å². The van der Waals surface area contributed by atoms with Crippen LogP contribution >= 0.6 is 0 Å². The van der Waals surface area contributed by atoms with Crippen LogP contribution in [0.4, 0.5) is 0 Å². The lowest BCUT2D eigenvalue weighted by molar-refractivity contribution is -0.249. The third-order valence-electron chi connectivity index (χ3n) is 14.7. The van der Waals surface area contributed by atoms with Gasteiger partial charge in [-0.15, -0.1) is 0 Å². The van der Waals surface area contributed by atoms with Crippen LogP contribution in [0, 0.1) is 56.7 Å². The van der Waals surface area contributed by atoms with Crippen molar-refractivity contribution in [3.05, 3.63) is 37.0 Å². The zero-order valence-electron chi connectivity index (χ0n) is 27.3. The number of allylic oxidation sites excluding steroid dienone is 2. The molecule has 1 heterocycles. The lowest BCUT2D eigenvalue weighted by Crippen LogP contribution is -2.66. The first kappa shape index (κ1) is 30.7. The second-order valence-electron chi connectivity index (χ2n) is 16.5. The van der Waals surface area contributed by atoms with Crippen molar-refractivity contribution in [3.63, 3.8) is 0 Å². The van der Waals surface area contributed by atoms with E-state index in [4.69, 9.17) is 4.74 Å². The molecule has 0 aromatic carbocycles. The van der Waals surface area contributed by atoms with Gasteiger partial charge in [0.2, 0.25) is 0 Å². The molecule has 0 amide bonds. The molecule has 5 aliphatic carbocycles. The number of aromatic nitrogens is 3. The Morgan fingerprint density at radius 3 is 2.42 bits per heavy atom. The molecule has 7 heteroatoms. The van der Waals surface area contributed by atoms with E-state index in [9.17, 15) is 14.7 Å². The van der Waals surface area contributed by atoms with Crippen molar-refractivity contribution in [1.82, 2.24) is 14.8 Å². The van der Waals surface area contributed by atoms with E-state index in [1.54, 1.807) is 0 Å². The largest absolute Gasteiger partial charge is 0.462 e. The molecule has 3 unspecified atom stereocenters. The number of hydrogen-bond acceptors (Lipinski definition) is 6. The van der Waals surface area contributed by atoms with Crippen LogP contribution in [0.2, 0.25) is 0 Å². The molecule has 0 bridgehead atoms. The van der Waals surface area contributed by atoms with Gasteiger partial charge in [-0.1, -0.05) is 46.8 Å². The molecular weight excluding hydrogens is 538 g/mol. The highest BCUT2D eigenvalue weighted by atomic mass is 16.5. The lowest BCUT2D eigenvalue weighted by atomic mass is 9.32. The Morgan fingerprint density at radius 2 is 1.72 bits per heavy atom. The SMILES string of the molecule is C=C(C)[C@@H]1CC[C@]2(COC(=O)/C=C/C(=O)n3cncn3)CC[C@]3(C)[C@H](CCC4[C@@]5(C)CC[C@H](O)C(C)(C)C5CC[C@]43C)C12. The van der Waals surface area contributed by atoms with E-state index in [1.807, 2.05) is 0 Å². The first-order valence-electron chi connectivity index (χ1n) is 16.8. The molecule has 6 rings (SSSR count). The Hall–Kier alpha value is -2.28. The highest BCUT2D eigenvalue weighted by Crippen LogP contribution is 2.77. The fraction of sp³-hybridized carbons (Fsp3) is 0.778. The normalized spacial score (nSPS) is 45.0. The van der Waals surface area contributed by atoms with Gasteiger partial charge < -0.3 is 9.84 Å². The van der Waals surface area contributed by atoms with Gasteiger partial charge in [0.25, 0.3) is 5.91 Å². The summed E-state index contributed by atoms with van der Waals surface area (Å²) in [7, 11) is 0. The van der Waals surface area contributed by atoms with Gasteiger partial charge in [0.1, 0.15) is 12.7 Å². The predicted octanol–water partition coefficient (Wildman–Crippen LogP) is 7.04. The van der Waals surface area contributed by atoms with E-state index in [0.29, 0.717) is 36.2 Å². The summed E-state index contributed by atoms with van der Waals surface area (Å²) in [6.45, 7) is 19.6. The van der Waals surface area contributed by atoms with E-state index >= 15 is 0 Å². The van der Waals surface area contributed by atoms with Gasteiger partial charge in [-0.25, -0.2) is 9.78 Å². The zero-order valence-corrected chi connectivity index (χ0v) is 27.3. The highest BCUT2D eigenvalue weighted by molar-refractivity contribution is 5.95. The number of aliphatic hydroxyl groups is 1. The van der Waals surface area contributed by atoms with Crippen LogP contribution < -0.4 is 0 Å². The first-order valence-corrected chi connectivity index (χ1v) is 16.8. The number of hydrogen-bond donors (Lipinski definition) is 1. The topological polar surface area (TPSA) is 94.3 Å². The Bertz CT molecular complexity index is 1300. The molecule has 0 radical (unpaired) electrons.